The average Bonchev–Trinajstić information content (AvgIpc) is 3.25. The Morgan fingerprint density at radius 2 is 1.83 bits per heavy atom. The zero-order valence-corrected chi connectivity index (χ0v) is 16.6. The molecule has 7 nitrogen and oxygen atoms in total. The predicted octanol–water partition coefficient (Wildman–Crippen LogP) is 2.71. The molecule has 0 fully saturated rings. The van der Waals surface area contributed by atoms with E-state index < -0.39 is 0 Å². The molecule has 0 radical (unpaired) electrons. The van der Waals surface area contributed by atoms with Crippen LogP contribution in [-0.4, -0.2) is 47.7 Å². The van der Waals surface area contributed by atoms with Gasteiger partial charge in [0.05, 0.1) is 7.11 Å². The fourth-order valence-corrected chi connectivity index (χ4v) is 3.01. The molecule has 29 heavy (non-hydrogen) atoms. The van der Waals surface area contributed by atoms with Gasteiger partial charge in [-0.1, -0.05) is 35.5 Å². The quantitative estimate of drug-likeness (QED) is 0.568. The lowest BCUT2D eigenvalue weighted by atomic mass is 10.1. The van der Waals surface area contributed by atoms with Gasteiger partial charge in [0, 0.05) is 38.0 Å². The summed E-state index contributed by atoms with van der Waals surface area (Å²) in [5.41, 5.74) is 7.72. The maximum Gasteiger partial charge on any atom is 0.227 e. The third kappa shape index (κ3) is 5.89. The molecule has 3 rings (SSSR count). The minimum atomic E-state index is 0.0376. The molecule has 0 atom stereocenters. The van der Waals surface area contributed by atoms with Gasteiger partial charge in [-0.15, -0.1) is 0 Å². The number of nitrogens with two attached hydrogens (primary N) is 1. The highest BCUT2D eigenvalue weighted by molar-refractivity contribution is 5.76. The standard InChI is InChI=1S/C22H26N4O3/c1-28-19-9-7-18(8-10-19)22-24-20(29-25-22)11-12-21(27)26(16-14-23)15-13-17-5-3-2-4-6-17/h2-10H,11-16,23H2,1H3. The Bertz CT molecular complexity index is 894. The molecule has 1 amide bonds. The van der Waals surface area contributed by atoms with Crippen LogP contribution in [0.25, 0.3) is 11.4 Å². The molecule has 7 heteroatoms. The van der Waals surface area contributed by atoms with E-state index in [1.54, 1.807) is 12.0 Å². The van der Waals surface area contributed by atoms with Crippen molar-refractivity contribution < 1.29 is 14.1 Å². The largest absolute Gasteiger partial charge is 0.497 e. The van der Waals surface area contributed by atoms with Gasteiger partial charge < -0.3 is 19.9 Å². The molecule has 0 aliphatic carbocycles. The Balaban J connectivity index is 1.54. The van der Waals surface area contributed by atoms with Crippen LogP contribution in [-0.2, 0) is 17.6 Å². The Labute approximate surface area is 170 Å². The zero-order chi connectivity index (χ0) is 20.5. The van der Waals surface area contributed by atoms with E-state index >= 15 is 0 Å². The van der Waals surface area contributed by atoms with Crippen LogP contribution in [0.2, 0.25) is 0 Å². The predicted molar refractivity (Wildman–Crippen MR) is 110 cm³/mol. The number of ether oxygens (including phenoxy) is 1. The smallest absolute Gasteiger partial charge is 0.227 e. The molecule has 0 saturated heterocycles. The third-order valence-electron chi connectivity index (χ3n) is 4.63. The van der Waals surface area contributed by atoms with Crippen molar-refractivity contribution in [3.8, 4) is 17.1 Å². The third-order valence-corrected chi connectivity index (χ3v) is 4.63. The van der Waals surface area contributed by atoms with Crippen molar-refractivity contribution in [3.63, 3.8) is 0 Å². The van der Waals surface area contributed by atoms with Crippen molar-refractivity contribution in [3.05, 3.63) is 66.1 Å². The van der Waals surface area contributed by atoms with E-state index in [1.807, 2.05) is 42.5 Å². The van der Waals surface area contributed by atoms with Crippen molar-refractivity contribution >= 4 is 5.91 Å². The van der Waals surface area contributed by atoms with Crippen LogP contribution < -0.4 is 10.5 Å². The van der Waals surface area contributed by atoms with E-state index in [0.29, 0.717) is 44.2 Å². The van der Waals surface area contributed by atoms with Crippen LogP contribution in [0.4, 0.5) is 0 Å². The van der Waals surface area contributed by atoms with Crippen LogP contribution in [0.3, 0.4) is 0 Å². The van der Waals surface area contributed by atoms with Crippen molar-refractivity contribution in [2.75, 3.05) is 26.7 Å². The van der Waals surface area contributed by atoms with Gasteiger partial charge in [-0.3, -0.25) is 4.79 Å². The fraction of sp³-hybridized carbons (Fsp3) is 0.318. The second kappa shape index (κ2) is 10.4. The number of hydrogen-bond donors (Lipinski definition) is 1. The highest BCUT2D eigenvalue weighted by atomic mass is 16.5. The molecule has 152 valence electrons. The molecule has 0 aliphatic heterocycles. The second-order valence-electron chi connectivity index (χ2n) is 6.65. The number of benzene rings is 2. The summed E-state index contributed by atoms with van der Waals surface area (Å²) < 4.78 is 10.5. The maximum atomic E-state index is 12.6. The minimum Gasteiger partial charge on any atom is -0.497 e. The fourth-order valence-electron chi connectivity index (χ4n) is 3.01. The molecule has 3 aromatic rings. The molecule has 0 bridgehead atoms. The van der Waals surface area contributed by atoms with Crippen LogP contribution in [0.5, 0.6) is 5.75 Å². The van der Waals surface area contributed by atoms with Gasteiger partial charge in [0.15, 0.2) is 0 Å². The molecular formula is C22H26N4O3. The number of methoxy groups -OCH3 is 1. The summed E-state index contributed by atoms with van der Waals surface area (Å²) in [5.74, 6) is 1.74. The molecular weight excluding hydrogens is 368 g/mol. The first kappa shape index (κ1) is 20.5. The van der Waals surface area contributed by atoms with E-state index in [9.17, 15) is 4.79 Å². The Morgan fingerprint density at radius 1 is 1.07 bits per heavy atom. The van der Waals surface area contributed by atoms with Crippen LogP contribution >= 0.6 is 0 Å². The van der Waals surface area contributed by atoms with E-state index in [-0.39, 0.29) is 5.91 Å². The van der Waals surface area contributed by atoms with E-state index in [4.69, 9.17) is 15.0 Å². The molecule has 2 N–H and O–H groups in total. The lowest BCUT2D eigenvalue weighted by Gasteiger charge is -2.22. The number of hydrogen-bond acceptors (Lipinski definition) is 6. The van der Waals surface area contributed by atoms with Gasteiger partial charge in [0.25, 0.3) is 0 Å². The van der Waals surface area contributed by atoms with Crippen LogP contribution in [0, 0.1) is 0 Å². The number of carbonyl (C=O) groups is 1. The molecule has 0 saturated carbocycles. The Morgan fingerprint density at radius 3 is 2.52 bits per heavy atom. The van der Waals surface area contributed by atoms with Gasteiger partial charge in [0.2, 0.25) is 17.6 Å². The molecule has 1 aromatic heterocycles. The summed E-state index contributed by atoms with van der Waals surface area (Å²) in [4.78, 5) is 18.8. The highest BCUT2D eigenvalue weighted by Crippen LogP contribution is 2.20. The van der Waals surface area contributed by atoms with Crippen molar-refractivity contribution in [2.45, 2.75) is 19.3 Å². The van der Waals surface area contributed by atoms with Gasteiger partial charge in [-0.25, -0.2) is 0 Å². The molecule has 0 spiro atoms. The van der Waals surface area contributed by atoms with Crippen LogP contribution in [0.15, 0.2) is 59.1 Å². The summed E-state index contributed by atoms with van der Waals surface area (Å²) >= 11 is 0. The molecule has 1 heterocycles. The van der Waals surface area contributed by atoms with E-state index in [2.05, 4.69) is 22.3 Å². The van der Waals surface area contributed by atoms with Crippen molar-refractivity contribution in [1.82, 2.24) is 15.0 Å². The number of rotatable bonds is 10. The number of aromatic nitrogens is 2. The monoisotopic (exact) mass is 394 g/mol. The van der Waals surface area contributed by atoms with Crippen molar-refractivity contribution in [1.29, 1.82) is 0 Å². The lowest BCUT2D eigenvalue weighted by Crippen LogP contribution is -2.37. The summed E-state index contributed by atoms with van der Waals surface area (Å²) in [6.45, 7) is 1.61. The summed E-state index contributed by atoms with van der Waals surface area (Å²) in [5, 5.41) is 4.01. The Kier molecular flexibility index (Phi) is 7.35. The minimum absolute atomic E-state index is 0.0376. The topological polar surface area (TPSA) is 94.5 Å². The van der Waals surface area contributed by atoms with Gasteiger partial charge in [0.1, 0.15) is 5.75 Å². The van der Waals surface area contributed by atoms with Gasteiger partial charge in [-0.05, 0) is 36.2 Å². The first-order valence-electron chi connectivity index (χ1n) is 9.68. The van der Waals surface area contributed by atoms with Crippen molar-refractivity contribution in [2.24, 2.45) is 5.73 Å². The van der Waals surface area contributed by atoms with Gasteiger partial charge >= 0.3 is 0 Å². The average molecular weight is 394 g/mol. The maximum absolute atomic E-state index is 12.6. The Hall–Kier alpha value is -3.19. The number of amides is 1. The molecule has 2 aromatic carbocycles. The SMILES string of the molecule is COc1ccc(-c2noc(CCC(=O)N(CCN)CCc3ccccc3)n2)cc1. The second-order valence-corrected chi connectivity index (χ2v) is 6.65. The summed E-state index contributed by atoms with van der Waals surface area (Å²) in [6.07, 6.45) is 1.50. The first-order valence-corrected chi connectivity index (χ1v) is 9.68. The molecule has 0 aliphatic rings. The highest BCUT2D eigenvalue weighted by Gasteiger charge is 2.15. The van der Waals surface area contributed by atoms with E-state index in [1.165, 1.54) is 5.56 Å². The van der Waals surface area contributed by atoms with E-state index in [0.717, 1.165) is 17.7 Å². The summed E-state index contributed by atoms with van der Waals surface area (Å²) in [6, 6.07) is 17.5. The molecule has 0 unspecified atom stereocenters. The normalized spacial score (nSPS) is 10.7. The number of nitrogens with zero attached hydrogens (tertiary/aromatic N) is 3. The summed E-state index contributed by atoms with van der Waals surface area (Å²) in [7, 11) is 1.62. The first-order chi connectivity index (χ1) is 14.2. The lowest BCUT2D eigenvalue weighted by molar-refractivity contribution is -0.131. The van der Waals surface area contributed by atoms with Gasteiger partial charge in [-0.2, -0.15) is 4.98 Å². The number of aryl methyl sites for hydroxylation is 1. The number of carbonyl (C=O) groups excluding carboxylic acids is 1. The zero-order valence-electron chi connectivity index (χ0n) is 16.6. The van der Waals surface area contributed by atoms with Crippen LogP contribution in [0.1, 0.15) is 17.9 Å².